The second-order valence-electron chi connectivity index (χ2n) is 7.55. The average molecular weight is 448 g/mol. The molecule has 0 aromatic heterocycles. The molecule has 0 N–H and O–H groups in total. The monoisotopic (exact) mass is 447 g/mol. The van der Waals surface area contributed by atoms with Gasteiger partial charge in [-0.15, -0.1) is 0 Å². The van der Waals surface area contributed by atoms with E-state index in [1.165, 1.54) is 4.31 Å². The summed E-state index contributed by atoms with van der Waals surface area (Å²) in [6, 6.07) is 14.5. The summed E-state index contributed by atoms with van der Waals surface area (Å²) in [4.78, 5) is 11.8. The molecule has 168 valence electrons. The number of rotatable bonds is 11. The van der Waals surface area contributed by atoms with Crippen molar-refractivity contribution in [3.63, 3.8) is 0 Å². The normalized spacial score (nSPS) is 17.5. The van der Waals surface area contributed by atoms with E-state index < -0.39 is 15.3 Å². The highest BCUT2D eigenvalue weighted by molar-refractivity contribution is 7.90. The van der Waals surface area contributed by atoms with Crippen LogP contribution < -0.4 is 9.47 Å². The smallest absolute Gasteiger partial charge is 0.224 e. The molecule has 0 aliphatic carbocycles. The van der Waals surface area contributed by atoms with Crippen LogP contribution in [0.15, 0.2) is 48.5 Å². The van der Waals surface area contributed by atoms with Crippen molar-refractivity contribution >= 4 is 16.3 Å². The Kier molecular flexibility index (Phi) is 8.06. The summed E-state index contributed by atoms with van der Waals surface area (Å²) in [5.41, 5.74) is 1.61. The highest BCUT2D eigenvalue weighted by Crippen LogP contribution is 2.25. The van der Waals surface area contributed by atoms with Crippen molar-refractivity contribution < 1.29 is 27.4 Å². The molecule has 0 spiro atoms. The van der Waals surface area contributed by atoms with Crippen LogP contribution in [0.1, 0.15) is 30.4 Å². The molecule has 1 unspecified atom stereocenters. The number of carbonyl (C=O) groups is 1. The zero-order chi connectivity index (χ0) is 22.3. The predicted octanol–water partition coefficient (Wildman–Crippen LogP) is 3.17. The van der Waals surface area contributed by atoms with Gasteiger partial charge in [0.2, 0.25) is 10.0 Å². The average Bonchev–Trinajstić information content (AvgIpc) is 3.31. The first kappa shape index (κ1) is 23.2. The first-order valence-electron chi connectivity index (χ1n) is 10.3. The van der Waals surface area contributed by atoms with Gasteiger partial charge >= 0.3 is 0 Å². The number of carbonyl (C=O) groups excluding carboxylic acids is 1. The maximum absolute atomic E-state index is 13.5. The van der Waals surface area contributed by atoms with Gasteiger partial charge < -0.3 is 19.0 Å². The summed E-state index contributed by atoms with van der Waals surface area (Å²) in [5, 5.41) is -1.15. The molecule has 2 atom stereocenters. The number of sulfonamides is 1. The summed E-state index contributed by atoms with van der Waals surface area (Å²) >= 11 is 0. The first-order chi connectivity index (χ1) is 15.0. The van der Waals surface area contributed by atoms with Crippen molar-refractivity contribution in [3.05, 3.63) is 59.7 Å². The number of hydrogen-bond donors (Lipinski definition) is 0. The molecule has 2 aromatic rings. The zero-order valence-electron chi connectivity index (χ0n) is 17.9. The SMILES string of the molecule is COc1ccc(CN(Cc2ccc(OC)cc2)S(=O)(=O)C(C=O)C[C@H]2CCCO2)cc1. The molecule has 1 fully saturated rings. The predicted molar refractivity (Wildman–Crippen MR) is 118 cm³/mol. The molecule has 0 radical (unpaired) electrons. The highest BCUT2D eigenvalue weighted by Gasteiger charge is 2.35. The second kappa shape index (κ2) is 10.7. The lowest BCUT2D eigenvalue weighted by molar-refractivity contribution is -0.108. The molecule has 7 nitrogen and oxygen atoms in total. The number of hydrogen-bond acceptors (Lipinski definition) is 6. The van der Waals surface area contributed by atoms with E-state index in [1.807, 2.05) is 24.3 Å². The Labute approximate surface area is 184 Å². The molecule has 2 aromatic carbocycles. The van der Waals surface area contributed by atoms with Gasteiger partial charge in [0.05, 0.1) is 20.3 Å². The van der Waals surface area contributed by atoms with Gasteiger partial charge in [-0.05, 0) is 54.7 Å². The number of aldehydes is 1. The van der Waals surface area contributed by atoms with Crippen LogP contribution in [0, 0.1) is 0 Å². The van der Waals surface area contributed by atoms with Crippen molar-refractivity contribution in [2.45, 2.75) is 43.7 Å². The maximum Gasteiger partial charge on any atom is 0.224 e. The molecule has 0 bridgehead atoms. The van der Waals surface area contributed by atoms with E-state index in [0.717, 1.165) is 24.0 Å². The molecule has 0 amide bonds. The van der Waals surface area contributed by atoms with Crippen LogP contribution in [0.5, 0.6) is 11.5 Å². The Morgan fingerprint density at radius 3 is 1.90 bits per heavy atom. The van der Waals surface area contributed by atoms with E-state index in [2.05, 4.69) is 0 Å². The van der Waals surface area contributed by atoms with Crippen LogP contribution in [0.25, 0.3) is 0 Å². The fourth-order valence-electron chi connectivity index (χ4n) is 3.63. The van der Waals surface area contributed by atoms with Crippen LogP contribution in [-0.4, -0.2) is 51.2 Å². The van der Waals surface area contributed by atoms with Crippen LogP contribution in [0.4, 0.5) is 0 Å². The second-order valence-corrected chi connectivity index (χ2v) is 9.71. The molecule has 0 saturated carbocycles. The van der Waals surface area contributed by atoms with Gasteiger partial charge in [-0.1, -0.05) is 24.3 Å². The minimum atomic E-state index is -3.91. The quantitative estimate of drug-likeness (QED) is 0.492. The van der Waals surface area contributed by atoms with Gasteiger partial charge in [0.15, 0.2) is 0 Å². The minimum absolute atomic E-state index is 0.147. The molecule has 8 heteroatoms. The molecule has 1 aliphatic rings. The van der Waals surface area contributed by atoms with Crippen molar-refractivity contribution in [2.24, 2.45) is 0 Å². The van der Waals surface area contributed by atoms with E-state index in [4.69, 9.17) is 14.2 Å². The Bertz CT molecular complexity index is 888. The highest BCUT2D eigenvalue weighted by atomic mass is 32.2. The van der Waals surface area contributed by atoms with Crippen LogP contribution in [0.3, 0.4) is 0 Å². The van der Waals surface area contributed by atoms with Crippen LogP contribution in [0.2, 0.25) is 0 Å². The van der Waals surface area contributed by atoms with Gasteiger partial charge in [-0.3, -0.25) is 0 Å². The Morgan fingerprint density at radius 2 is 1.52 bits per heavy atom. The van der Waals surface area contributed by atoms with Gasteiger partial charge in [-0.25, -0.2) is 8.42 Å². The third-order valence-electron chi connectivity index (χ3n) is 5.45. The summed E-state index contributed by atoms with van der Waals surface area (Å²) in [7, 11) is -0.748. The van der Waals surface area contributed by atoms with E-state index >= 15 is 0 Å². The molecular formula is C23H29NO6S. The summed E-state index contributed by atoms with van der Waals surface area (Å²) in [5.74, 6) is 1.38. The van der Waals surface area contributed by atoms with E-state index in [0.29, 0.717) is 24.4 Å². The van der Waals surface area contributed by atoms with Crippen molar-refractivity contribution in [1.29, 1.82) is 0 Å². The summed E-state index contributed by atoms with van der Waals surface area (Å²) in [6.45, 7) is 0.903. The lowest BCUT2D eigenvalue weighted by atomic mass is 10.1. The lowest BCUT2D eigenvalue weighted by Gasteiger charge is -2.26. The van der Waals surface area contributed by atoms with E-state index in [9.17, 15) is 13.2 Å². The Balaban J connectivity index is 1.86. The topological polar surface area (TPSA) is 82.1 Å². The van der Waals surface area contributed by atoms with Gasteiger partial charge in [0, 0.05) is 19.7 Å². The van der Waals surface area contributed by atoms with Gasteiger partial charge in [0.25, 0.3) is 0 Å². The third kappa shape index (κ3) is 6.06. The molecular weight excluding hydrogens is 418 g/mol. The van der Waals surface area contributed by atoms with Crippen LogP contribution in [-0.2, 0) is 32.6 Å². The Morgan fingerprint density at radius 1 is 1.00 bits per heavy atom. The molecule has 1 saturated heterocycles. The van der Waals surface area contributed by atoms with Crippen molar-refractivity contribution in [2.75, 3.05) is 20.8 Å². The van der Waals surface area contributed by atoms with E-state index in [1.54, 1.807) is 38.5 Å². The third-order valence-corrected chi connectivity index (χ3v) is 7.50. The number of methoxy groups -OCH3 is 2. The largest absolute Gasteiger partial charge is 0.497 e. The zero-order valence-corrected chi connectivity index (χ0v) is 18.7. The molecule has 1 aliphatic heterocycles. The molecule has 31 heavy (non-hydrogen) atoms. The number of ether oxygens (including phenoxy) is 3. The van der Waals surface area contributed by atoms with E-state index in [-0.39, 0.29) is 25.6 Å². The minimum Gasteiger partial charge on any atom is -0.497 e. The van der Waals surface area contributed by atoms with Crippen LogP contribution >= 0.6 is 0 Å². The fraction of sp³-hybridized carbons (Fsp3) is 0.435. The van der Waals surface area contributed by atoms with Gasteiger partial charge in [-0.2, -0.15) is 4.31 Å². The van der Waals surface area contributed by atoms with Crippen molar-refractivity contribution in [3.8, 4) is 11.5 Å². The standard InChI is InChI=1S/C23H29NO6S/c1-28-20-9-5-18(6-10-20)15-24(16-19-7-11-21(29-2)12-8-19)31(26,27)23(17-25)14-22-4-3-13-30-22/h5-12,17,22-23H,3-4,13-16H2,1-2H3/t22-,23?/m1/s1. The van der Waals surface area contributed by atoms with Gasteiger partial charge in [0.1, 0.15) is 23.0 Å². The first-order valence-corrected chi connectivity index (χ1v) is 11.8. The lowest BCUT2D eigenvalue weighted by Crippen LogP contribution is -2.40. The summed E-state index contributed by atoms with van der Waals surface area (Å²) < 4.78 is 44.3. The number of benzene rings is 2. The number of nitrogens with zero attached hydrogens (tertiary/aromatic N) is 1. The Hall–Kier alpha value is -2.42. The molecule has 1 heterocycles. The van der Waals surface area contributed by atoms with Crippen molar-refractivity contribution in [1.82, 2.24) is 4.31 Å². The maximum atomic E-state index is 13.5. The molecule has 3 rings (SSSR count). The summed E-state index contributed by atoms with van der Waals surface area (Å²) in [6.07, 6.45) is 2.17. The fourth-order valence-corrected chi connectivity index (χ4v) is 5.27.